The van der Waals surface area contributed by atoms with Crippen LogP contribution in [0.5, 0.6) is 0 Å². The SMILES string of the molecule is Cc1cc(CC(O)C(C)C)n2ncnc2n1. The Morgan fingerprint density at radius 3 is 2.88 bits per heavy atom. The van der Waals surface area contributed by atoms with Gasteiger partial charge in [-0.2, -0.15) is 10.1 Å². The number of aryl methyl sites for hydroxylation is 1. The standard InChI is InChI=1S/C11H16N4O/c1-7(2)10(16)5-9-4-8(3)14-11-12-6-13-15(9)11/h4,6-7,10,16H,5H2,1-3H3. The molecule has 0 radical (unpaired) electrons. The first-order valence-corrected chi connectivity index (χ1v) is 5.42. The minimum atomic E-state index is -0.366. The van der Waals surface area contributed by atoms with Crippen molar-refractivity contribution in [3.05, 3.63) is 23.8 Å². The summed E-state index contributed by atoms with van der Waals surface area (Å²) in [6.45, 7) is 5.91. The van der Waals surface area contributed by atoms with Gasteiger partial charge in [-0.25, -0.2) is 9.50 Å². The number of nitrogens with zero attached hydrogens (tertiary/aromatic N) is 4. The molecule has 5 nitrogen and oxygen atoms in total. The summed E-state index contributed by atoms with van der Waals surface area (Å²) in [4.78, 5) is 8.31. The summed E-state index contributed by atoms with van der Waals surface area (Å²) in [6, 6.07) is 1.94. The van der Waals surface area contributed by atoms with Crippen LogP contribution < -0.4 is 0 Å². The van der Waals surface area contributed by atoms with Crippen molar-refractivity contribution in [2.75, 3.05) is 0 Å². The summed E-state index contributed by atoms with van der Waals surface area (Å²) in [5.74, 6) is 0.818. The Kier molecular flexibility index (Phi) is 2.87. The maximum Gasteiger partial charge on any atom is 0.252 e. The summed E-state index contributed by atoms with van der Waals surface area (Å²) >= 11 is 0. The van der Waals surface area contributed by atoms with E-state index in [1.54, 1.807) is 4.52 Å². The number of fused-ring (bicyclic) bond motifs is 1. The van der Waals surface area contributed by atoms with E-state index in [1.165, 1.54) is 6.33 Å². The normalized spacial score (nSPS) is 13.6. The number of aromatic nitrogens is 4. The molecule has 0 saturated heterocycles. The number of hydrogen-bond donors (Lipinski definition) is 1. The Balaban J connectivity index is 2.39. The predicted octanol–water partition coefficient (Wildman–Crippen LogP) is 0.992. The number of hydrogen-bond acceptors (Lipinski definition) is 4. The van der Waals surface area contributed by atoms with E-state index in [-0.39, 0.29) is 12.0 Å². The number of rotatable bonds is 3. The van der Waals surface area contributed by atoms with Crippen LogP contribution in [0, 0.1) is 12.8 Å². The van der Waals surface area contributed by atoms with Crippen LogP contribution in [0.4, 0.5) is 0 Å². The predicted molar refractivity (Wildman–Crippen MR) is 60.1 cm³/mol. The molecule has 0 saturated carbocycles. The summed E-state index contributed by atoms with van der Waals surface area (Å²) in [7, 11) is 0. The van der Waals surface area contributed by atoms with Gasteiger partial charge in [0.05, 0.1) is 11.8 Å². The molecule has 5 heteroatoms. The van der Waals surface area contributed by atoms with Crippen molar-refractivity contribution in [2.45, 2.75) is 33.3 Å². The zero-order valence-corrected chi connectivity index (χ0v) is 9.75. The first-order valence-electron chi connectivity index (χ1n) is 5.42. The lowest BCUT2D eigenvalue weighted by atomic mass is 10.0. The fraction of sp³-hybridized carbons (Fsp3) is 0.545. The first-order chi connectivity index (χ1) is 7.58. The molecule has 2 aromatic heterocycles. The second kappa shape index (κ2) is 4.17. The highest BCUT2D eigenvalue weighted by atomic mass is 16.3. The molecule has 0 fully saturated rings. The van der Waals surface area contributed by atoms with Gasteiger partial charge in [0.1, 0.15) is 6.33 Å². The van der Waals surface area contributed by atoms with Crippen molar-refractivity contribution in [3.63, 3.8) is 0 Å². The monoisotopic (exact) mass is 220 g/mol. The molecule has 0 spiro atoms. The maximum absolute atomic E-state index is 9.89. The van der Waals surface area contributed by atoms with Gasteiger partial charge in [-0.15, -0.1) is 0 Å². The molecule has 0 aliphatic rings. The molecule has 0 aliphatic carbocycles. The molecular formula is C11H16N4O. The van der Waals surface area contributed by atoms with Crippen LogP contribution in [0.2, 0.25) is 0 Å². The van der Waals surface area contributed by atoms with E-state index in [0.29, 0.717) is 12.2 Å². The first kappa shape index (κ1) is 11.0. The Morgan fingerprint density at radius 1 is 1.44 bits per heavy atom. The molecule has 1 unspecified atom stereocenters. The molecule has 16 heavy (non-hydrogen) atoms. The van der Waals surface area contributed by atoms with Gasteiger partial charge in [0.15, 0.2) is 0 Å². The van der Waals surface area contributed by atoms with Crippen LogP contribution in [0.1, 0.15) is 25.2 Å². The van der Waals surface area contributed by atoms with Gasteiger partial charge in [0, 0.05) is 12.1 Å². The minimum Gasteiger partial charge on any atom is -0.392 e. The quantitative estimate of drug-likeness (QED) is 0.838. The summed E-state index contributed by atoms with van der Waals surface area (Å²) < 4.78 is 1.68. The van der Waals surface area contributed by atoms with E-state index in [4.69, 9.17) is 0 Å². The zero-order chi connectivity index (χ0) is 11.7. The van der Waals surface area contributed by atoms with Gasteiger partial charge in [0.2, 0.25) is 0 Å². The average Bonchev–Trinajstić information content (AvgIpc) is 2.65. The van der Waals surface area contributed by atoms with Gasteiger partial charge >= 0.3 is 0 Å². The van der Waals surface area contributed by atoms with E-state index >= 15 is 0 Å². The van der Waals surface area contributed by atoms with Crippen LogP contribution in [0.15, 0.2) is 12.4 Å². The zero-order valence-electron chi connectivity index (χ0n) is 9.75. The van der Waals surface area contributed by atoms with Gasteiger partial charge in [-0.05, 0) is 18.9 Å². The highest BCUT2D eigenvalue weighted by molar-refractivity contribution is 5.30. The number of aliphatic hydroxyl groups excluding tert-OH is 1. The molecule has 86 valence electrons. The summed E-state index contributed by atoms with van der Waals surface area (Å²) in [5, 5.41) is 14.0. The maximum atomic E-state index is 9.89. The largest absolute Gasteiger partial charge is 0.392 e. The third kappa shape index (κ3) is 2.04. The second-order valence-corrected chi connectivity index (χ2v) is 4.38. The molecule has 2 rings (SSSR count). The van der Waals surface area contributed by atoms with Gasteiger partial charge in [-0.3, -0.25) is 0 Å². The van der Waals surface area contributed by atoms with E-state index < -0.39 is 0 Å². The van der Waals surface area contributed by atoms with Gasteiger partial charge in [-0.1, -0.05) is 13.8 Å². The Hall–Kier alpha value is -1.49. The van der Waals surface area contributed by atoms with Crippen molar-refractivity contribution in [3.8, 4) is 0 Å². The third-order valence-corrected chi connectivity index (χ3v) is 2.64. The van der Waals surface area contributed by atoms with Crippen LogP contribution in [-0.2, 0) is 6.42 Å². The van der Waals surface area contributed by atoms with E-state index in [0.717, 1.165) is 11.4 Å². The molecule has 0 aromatic carbocycles. The van der Waals surface area contributed by atoms with Crippen LogP contribution in [0.3, 0.4) is 0 Å². The van der Waals surface area contributed by atoms with E-state index in [1.807, 2.05) is 26.8 Å². The Bertz CT molecular complexity index is 492. The lowest BCUT2D eigenvalue weighted by Gasteiger charge is -2.14. The topological polar surface area (TPSA) is 63.3 Å². The number of aliphatic hydroxyl groups is 1. The Morgan fingerprint density at radius 2 is 2.19 bits per heavy atom. The van der Waals surface area contributed by atoms with Crippen molar-refractivity contribution < 1.29 is 5.11 Å². The molecule has 0 bridgehead atoms. The van der Waals surface area contributed by atoms with Crippen molar-refractivity contribution in [1.29, 1.82) is 0 Å². The molecule has 2 aromatic rings. The van der Waals surface area contributed by atoms with Crippen molar-refractivity contribution in [1.82, 2.24) is 19.6 Å². The highest BCUT2D eigenvalue weighted by Gasteiger charge is 2.13. The third-order valence-electron chi connectivity index (χ3n) is 2.64. The fourth-order valence-corrected chi connectivity index (χ4v) is 1.60. The molecule has 0 amide bonds. The summed E-state index contributed by atoms with van der Waals surface area (Å²) in [5.41, 5.74) is 1.84. The molecule has 1 atom stereocenters. The van der Waals surface area contributed by atoms with Gasteiger partial charge < -0.3 is 5.11 Å². The van der Waals surface area contributed by atoms with Gasteiger partial charge in [0.25, 0.3) is 5.78 Å². The van der Waals surface area contributed by atoms with Crippen LogP contribution >= 0.6 is 0 Å². The smallest absolute Gasteiger partial charge is 0.252 e. The fourth-order valence-electron chi connectivity index (χ4n) is 1.60. The lowest BCUT2D eigenvalue weighted by Crippen LogP contribution is -2.20. The minimum absolute atomic E-state index is 0.229. The van der Waals surface area contributed by atoms with Crippen molar-refractivity contribution >= 4 is 5.78 Å². The molecule has 0 aliphatic heterocycles. The van der Waals surface area contributed by atoms with E-state index in [9.17, 15) is 5.11 Å². The molecular weight excluding hydrogens is 204 g/mol. The van der Waals surface area contributed by atoms with E-state index in [2.05, 4.69) is 15.1 Å². The second-order valence-electron chi connectivity index (χ2n) is 4.38. The summed E-state index contributed by atoms with van der Waals surface area (Å²) in [6.07, 6.45) is 1.68. The van der Waals surface area contributed by atoms with Crippen LogP contribution in [0.25, 0.3) is 5.78 Å². The molecule has 2 heterocycles. The highest BCUT2D eigenvalue weighted by Crippen LogP contribution is 2.11. The molecule has 1 N–H and O–H groups in total. The average molecular weight is 220 g/mol. The lowest BCUT2D eigenvalue weighted by molar-refractivity contribution is 0.124. The van der Waals surface area contributed by atoms with Crippen LogP contribution in [-0.4, -0.2) is 30.8 Å². The van der Waals surface area contributed by atoms with Crippen molar-refractivity contribution in [2.24, 2.45) is 5.92 Å². The Labute approximate surface area is 94.2 Å².